The van der Waals surface area contributed by atoms with Crippen molar-refractivity contribution in [1.29, 1.82) is 0 Å². The van der Waals surface area contributed by atoms with E-state index in [9.17, 15) is 0 Å². The summed E-state index contributed by atoms with van der Waals surface area (Å²) in [5, 5.41) is 3.88. The summed E-state index contributed by atoms with van der Waals surface area (Å²) >= 11 is 0. The summed E-state index contributed by atoms with van der Waals surface area (Å²) in [6.45, 7) is 4.71. The third-order valence-corrected chi connectivity index (χ3v) is 13.8. The van der Waals surface area contributed by atoms with E-state index >= 15 is 0 Å². The Morgan fingerprint density at radius 2 is 1.08 bits per heavy atom. The first-order chi connectivity index (χ1) is 29.5. The Labute approximate surface area is 349 Å². The van der Waals surface area contributed by atoms with Crippen molar-refractivity contribution in [3.63, 3.8) is 0 Å². The SMILES string of the molecule is CC1(C)c2ccccc2-c2ccc(-c3ccc(N(c4ccc(-n5c6ccccc6c6ccccc65)cc4)c4ccc5c(c4)C4CC=Cc6c4n-5c4ccccc64)cc3)cc21. The van der Waals surface area contributed by atoms with Gasteiger partial charge in [0.15, 0.2) is 0 Å². The van der Waals surface area contributed by atoms with Crippen LogP contribution in [-0.2, 0) is 5.41 Å². The lowest BCUT2D eigenvalue weighted by atomic mass is 9.81. The Kier molecular flexibility index (Phi) is 6.90. The van der Waals surface area contributed by atoms with Crippen molar-refractivity contribution >= 4 is 55.8 Å². The number of anilines is 3. The molecule has 2 aliphatic carbocycles. The van der Waals surface area contributed by atoms with Crippen LogP contribution in [0.1, 0.15) is 54.1 Å². The molecule has 0 saturated carbocycles. The van der Waals surface area contributed by atoms with E-state index in [1.165, 1.54) is 88.6 Å². The van der Waals surface area contributed by atoms with Crippen molar-refractivity contribution in [2.24, 2.45) is 0 Å². The molecule has 0 radical (unpaired) electrons. The molecule has 3 aliphatic rings. The van der Waals surface area contributed by atoms with Crippen molar-refractivity contribution in [3.05, 3.63) is 216 Å². The van der Waals surface area contributed by atoms with Crippen LogP contribution in [0.15, 0.2) is 188 Å². The lowest BCUT2D eigenvalue weighted by Crippen LogP contribution is -2.14. The van der Waals surface area contributed by atoms with E-state index in [0.717, 1.165) is 29.2 Å². The van der Waals surface area contributed by atoms with Gasteiger partial charge >= 0.3 is 0 Å². The third kappa shape index (κ3) is 4.60. The van der Waals surface area contributed by atoms with Gasteiger partial charge in [0.25, 0.3) is 0 Å². The normalized spacial score (nSPS) is 15.3. The van der Waals surface area contributed by atoms with Gasteiger partial charge in [-0.3, -0.25) is 0 Å². The number of aromatic nitrogens is 2. The number of nitrogens with zero attached hydrogens (tertiary/aromatic N) is 3. The number of allylic oxidation sites excluding steroid dienone is 1. The van der Waals surface area contributed by atoms with E-state index in [4.69, 9.17) is 0 Å². The first kappa shape index (κ1) is 33.6. The summed E-state index contributed by atoms with van der Waals surface area (Å²) in [5.74, 6) is 0.324. The molecule has 0 N–H and O–H groups in total. The Bertz CT molecular complexity index is 3370. The zero-order valence-electron chi connectivity index (χ0n) is 33.6. The second-order valence-electron chi connectivity index (χ2n) is 17.3. The quantitative estimate of drug-likeness (QED) is 0.170. The monoisotopic (exact) mass is 767 g/mol. The van der Waals surface area contributed by atoms with Gasteiger partial charge in [0.1, 0.15) is 0 Å². The van der Waals surface area contributed by atoms with Crippen molar-refractivity contribution in [2.75, 3.05) is 4.90 Å². The van der Waals surface area contributed by atoms with Crippen LogP contribution < -0.4 is 4.90 Å². The van der Waals surface area contributed by atoms with Crippen LogP contribution in [0.3, 0.4) is 0 Å². The van der Waals surface area contributed by atoms with Crippen LogP contribution >= 0.6 is 0 Å². The largest absolute Gasteiger partial charge is 0.312 e. The average molecular weight is 768 g/mol. The van der Waals surface area contributed by atoms with Crippen LogP contribution in [0.2, 0.25) is 0 Å². The molecular formula is C57H41N3. The smallest absolute Gasteiger partial charge is 0.0541 e. The molecule has 3 heteroatoms. The van der Waals surface area contributed by atoms with Crippen LogP contribution in [0.25, 0.3) is 72.4 Å². The van der Waals surface area contributed by atoms with Gasteiger partial charge in [-0.1, -0.05) is 129 Å². The molecule has 0 amide bonds. The van der Waals surface area contributed by atoms with E-state index in [2.05, 4.69) is 222 Å². The van der Waals surface area contributed by atoms with Gasteiger partial charge in [-0.25, -0.2) is 0 Å². The predicted molar refractivity (Wildman–Crippen MR) is 251 cm³/mol. The Morgan fingerprint density at radius 1 is 0.500 bits per heavy atom. The highest BCUT2D eigenvalue weighted by Gasteiger charge is 2.36. The van der Waals surface area contributed by atoms with Crippen LogP contribution in [0.4, 0.5) is 17.1 Å². The molecule has 3 heterocycles. The van der Waals surface area contributed by atoms with Crippen molar-refractivity contribution in [1.82, 2.24) is 9.13 Å². The minimum atomic E-state index is -0.0420. The molecule has 0 saturated heterocycles. The first-order valence-corrected chi connectivity index (χ1v) is 21.2. The highest BCUT2D eigenvalue weighted by molar-refractivity contribution is 6.09. The maximum Gasteiger partial charge on any atom is 0.0541 e. The molecule has 0 spiro atoms. The maximum atomic E-state index is 2.52. The first-order valence-electron chi connectivity index (χ1n) is 21.2. The van der Waals surface area contributed by atoms with Gasteiger partial charge in [0.2, 0.25) is 0 Å². The van der Waals surface area contributed by atoms with Gasteiger partial charge in [-0.15, -0.1) is 0 Å². The zero-order valence-corrected chi connectivity index (χ0v) is 33.6. The molecule has 60 heavy (non-hydrogen) atoms. The number of fused-ring (bicyclic) bond motifs is 12. The third-order valence-electron chi connectivity index (χ3n) is 13.8. The minimum Gasteiger partial charge on any atom is -0.312 e. The topological polar surface area (TPSA) is 13.1 Å². The lowest BCUT2D eigenvalue weighted by molar-refractivity contribution is 0.660. The lowest BCUT2D eigenvalue weighted by Gasteiger charge is -2.27. The molecule has 8 aromatic carbocycles. The highest BCUT2D eigenvalue weighted by Crippen LogP contribution is 2.52. The van der Waals surface area contributed by atoms with E-state index in [-0.39, 0.29) is 5.41 Å². The molecule has 1 atom stereocenters. The fraction of sp³-hybridized carbons (Fsp3) is 0.0877. The number of rotatable bonds is 5. The van der Waals surface area contributed by atoms with Crippen LogP contribution in [-0.4, -0.2) is 9.13 Å². The summed E-state index contributed by atoms with van der Waals surface area (Å²) < 4.78 is 4.92. The molecule has 1 unspecified atom stereocenters. The molecule has 2 aromatic heterocycles. The minimum absolute atomic E-state index is 0.0420. The van der Waals surface area contributed by atoms with Crippen LogP contribution in [0, 0.1) is 0 Å². The summed E-state index contributed by atoms with van der Waals surface area (Å²) in [7, 11) is 0. The van der Waals surface area contributed by atoms with E-state index in [1.807, 2.05) is 0 Å². The summed E-state index contributed by atoms with van der Waals surface area (Å²) in [5.41, 5.74) is 21.7. The number of hydrogen-bond acceptors (Lipinski definition) is 1. The Hall–Kier alpha value is -7.36. The Balaban J connectivity index is 0.935. The van der Waals surface area contributed by atoms with E-state index in [1.54, 1.807) is 0 Å². The number of hydrogen-bond donors (Lipinski definition) is 0. The molecule has 1 aliphatic heterocycles. The molecule has 284 valence electrons. The second kappa shape index (κ2) is 12.3. The van der Waals surface area contributed by atoms with Gasteiger partial charge in [-0.05, 0) is 124 Å². The van der Waals surface area contributed by atoms with Crippen LogP contribution in [0.5, 0.6) is 0 Å². The second-order valence-corrected chi connectivity index (χ2v) is 17.3. The zero-order chi connectivity index (χ0) is 39.7. The molecule has 0 bridgehead atoms. The molecule has 10 aromatic rings. The summed E-state index contributed by atoms with van der Waals surface area (Å²) in [6, 6.07) is 67.7. The van der Waals surface area contributed by atoms with E-state index < -0.39 is 0 Å². The van der Waals surface area contributed by atoms with Crippen molar-refractivity contribution < 1.29 is 0 Å². The average Bonchev–Trinajstić information content (AvgIpc) is 4.00. The van der Waals surface area contributed by atoms with Gasteiger partial charge in [-0.2, -0.15) is 0 Å². The standard InChI is InChI=1S/C57H41N3/c1-57(2)50-18-7-3-12-42(50)43-32-24-37(34-51(43)57)36-22-25-38(26-23-36)58(39-27-29-40(30-28-39)59-52-19-8-4-13-44(52)45-14-5-9-20-53(45)59)41-31-33-55-49(35-41)48-17-11-16-47-46-15-6-10-21-54(46)60(55)56(47)48/h3-16,18-35,48H,17H2,1-2H3. The number of para-hydroxylation sites is 3. The van der Waals surface area contributed by atoms with Gasteiger partial charge in [0, 0.05) is 67.2 Å². The summed E-state index contributed by atoms with van der Waals surface area (Å²) in [6.07, 6.45) is 5.71. The maximum absolute atomic E-state index is 2.52. The molecular weight excluding hydrogens is 727 g/mol. The molecule has 3 nitrogen and oxygen atoms in total. The Morgan fingerprint density at radius 3 is 1.82 bits per heavy atom. The van der Waals surface area contributed by atoms with Crippen molar-refractivity contribution in [3.8, 4) is 33.6 Å². The fourth-order valence-electron chi connectivity index (χ4n) is 11.0. The highest BCUT2D eigenvalue weighted by atomic mass is 15.1. The van der Waals surface area contributed by atoms with E-state index in [0.29, 0.717) is 5.92 Å². The van der Waals surface area contributed by atoms with Gasteiger partial charge < -0.3 is 14.0 Å². The predicted octanol–water partition coefficient (Wildman–Crippen LogP) is 15.0. The molecule has 0 fully saturated rings. The fourth-order valence-corrected chi connectivity index (χ4v) is 11.0. The molecule has 13 rings (SSSR count). The summed E-state index contributed by atoms with van der Waals surface area (Å²) in [4.78, 5) is 2.44. The van der Waals surface area contributed by atoms with Gasteiger partial charge in [0.05, 0.1) is 16.6 Å². The van der Waals surface area contributed by atoms with Crippen molar-refractivity contribution in [2.45, 2.75) is 31.6 Å². The number of benzene rings is 8.